The first-order valence-corrected chi connectivity index (χ1v) is 5.22. The van der Waals surface area contributed by atoms with Gasteiger partial charge in [0, 0.05) is 26.8 Å². The molecule has 0 saturated carbocycles. The molecule has 2 N–H and O–H groups in total. The zero-order valence-electron chi connectivity index (χ0n) is 9.84. The summed E-state index contributed by atoms with van der Waals surface area (Å²) in [5.41, 5.74) is 0. The molecule has 0 aliphatic heterocycles. The molecule has 0 bridgehead atoms. The second-order valence-electron chi connectivity index (χ2n) is 3.38. The molecule has 0 radical (unpaired) electrons. The van der Waals surface area contributed by atoms with Crippen LogP contribution >= 0.6 is 0 Å². The summed E-state index contributed by atoms with van der Waals surface area (Å²) in [5.74, 6) is -0.0749. The molecule has 5 heteroatoms. The van der Waals surface area contributed by atoms with E-state index in [4.69, 9.17) is 9.47 Å². The Morgan fingerprint density at radius 3 is 2.80 bits per heavy atom. The third kappa shape index (κ3) is 9.65. The number of carbonyl (C=O) groups excluding carboxylic acids is 1. The fraction of sp³-hybridized carbons (Fsp3) is 0.900. The van der Waals surface area contributed by atoms with Gasteiger partial charge in [-0.15, -0.1) is 0 Å². The average Bonchev–Trinajstić information content (AvgIpc) is 2.22. The van der Waals surface area contributed by atoms with Crippen LogP contribution in [0.5, 0.6) is 0 Å². The van der Waals surface area contributed by atoms with Crippen LogP contribution in [-0.4, -0.2) is 52.5 Å². The van der Waals surface area contributed by atoms with E-state index < -0.39 is 0 Å². The van der Waals surface area contributed by atoms with E-state index in [2.05, 4.69) is 10.6 Å². The monoisotopic (exact) mass is 218 g/mol. The molecule has 1 unspecified atom stereocenters. The average molecular weight is 218 g/mol. The summed E-state index contributed by atoms with van der Waals surface area (Å²) in [6.45, 7) is 4.09. The maximum absolute atomic E-state index is 11.2. The van der Waals surface area contributed by atoms with Crippen molar-refractivity contribution < 1.29 is 14.3 Å². The van der Waals surface area contributed by atoms with Crippen LogP contribution in [0.1, 0.15) is 13.3 Å². The van der Waals surface area contributed by atoms with Crippen molar-refractivity contribution in [3.63, 3.8) is 0 Å². The van der Waals surface area contributed by atoms with E-state index in [-0.39, 0.29) is 18.6 Å². The van der Waals surface area contributed by atoms with Crippen molar-refractivity contribution in [2.24, 2.45) is 0 Å². The minimum absolute atomic E-state index is 0.0553. The lowest BCUT2D eigenvalue weighted by Gasteiger charge is -2.12. The second-order valence-corrected chi connectivity index (χ2v) is 3.38. The van der Waals surface area contributed by atoms with Crippen molar-refractivity contribution in [1.29, 1.82) is 0 Å². The highest BCUT2D eigenvalue weighted by Gasteiger charge is 2.04. The predicted molar refractivity (Wildman–Crippen MR) is 58.8 cm³/mol. The molecule has 1 amide bonds. The number of nitrogens with one attached hydrogen (secondary N) is 2. The molecule has 0 aliphatic carbocycles. The fourth-order valence-electron chi connectivity index (χ4n) is 1.06. The number of methoxy groups -OCH3 is 1. The second kappa shape index (κ2) is 9.89. The fourth-order valence-corrected chi connectivity index (χ4v) is 1.06. The van der Waals surface area contributed by atoms with Crippen molar-refractivity contribution in [3.8, 4) is 0 Å². The van der Waals surface area contributed by atoms with Gasteiger partial charge in [0.25, 0.3) is 0 Å². The van der Waals surface area contributed by atoms with Crippen molar-refractivity contribution in [3.05, 3.63) is 0 Å². The summed E-state index contributed by atoms with van der Waals surface area (Å²) in [7, 11) is 3.50. The van der Waals surface area contributed by atoms with Gasteiger partial charge in [-0.1, -0.05) is 0 Å². The van der Waals surface area contributed by atoms with E-state index in [0.29, 0.717) is 13.2 Å². The summed E-state index contributed by atoms with van der Waals surface area (Å²) in [5, 5.41) is 5.73. The maximum Gasteiger partial charge on any atom is 0.246 e. The summed E-state index contributed by atoms with van der Waals surface area (Å²) in [4.78, 5) is 11.2. The topological polar surface area (TPSA) is 59.6 Å². The summed E-state index contributed by atoms with van der Waals surface area (Å²) in [6, 6.07) is 0. The molecular formula is C10H22N2O3. The lowest BCUT2D eigenvalue weighted by Crippen LogP contribution is -2.32. The van der Waals surface area contributed by atoms with Gasteiger partial charge in [0.1, 0.15) is 6.61 Å². The smallest absolute Gasteiger partial charge is 0.246 e. The Hall–Kier alpha value is -0.650. The molecule has 0 aliphatic rings. The molecule has 15 heavy (non-hydrogen) atoms. The van der Waals surface area contributed by atoms with Gasteiger partial charge in [-0.25, -0.2) is 0 Å². The molecular weight excluding hydrogens is 196 g/mol. The van der Waals surface area contributed by atoms with Gasteiger partial charge in [0.05, 0.1) is 6.10 Å². The van der Waals surface area contributed by atoms with Crippen LogP contribution in [0.3, 0.4) is 0 Å². The minimum Gasteiger partial charge on any atom is -0.385 e. The Bertz CT molecular complexity index is 165. The lowest BCUT2D eigenvalue weighted by atomic mass is 10.4. The summed E-state index contributed by atoms with van der Waals surface area (Å²) < 4.78 is 10.2. The maximum atomic E-state index is 11.2. The highest BCUT2D eigenvalue weighted by Crippen LogP contribution is 1.87. The van der Waals surface area contributed by atoms with Gasteiger partial charge in [-0.05, 0) is 20.4 Å². The van der Waals surface area contributed by atoms with Crippen molar-refractivity contribution in [2.45, 2.75) is 19.4 Å². The largest absolute Gasteiger partial charge is 0.385 e. The Morgan fingerprint density at radius 2 is 2.20 bits per heavy atom. The molecule has 0 aromatic heterocycles. The Morgan fingerprint density at radius 1 is 1.47 bits per heavy atom. The Labute approximate surface area is 91.5 Å². The molecule has 0 heterocycles. The molecule has 0 aromatic rings. The molecule has 0 spiro atoms. The molecule has 5 nitrogen and oxygen atoms in total. The third-order valence-electron chi connectivity index (χ3n) is 1.84. The van der Waals surface area contributed by atoms with Gasteiger partial charge in [0.2, 0.25) is 5.91 Å². The molecule has 0 fully saturated rings. The van der Waals surface area contributed by atoms with Crippen LogP contribution in [0.15, 0.2) is 0 Å². The molecule has 90 valence electrons. The van der Waals surface area contributed by atoms with E-state index in [1.165, 1.54) is 0 Å². The molecule has 1 atom stereocenters. The van der Waals surface area contributed by atoms with E-state index >= 15 is 0 Å². The van der Waals surface area contributed by atoms with Crippen LogP contribution in [0.4, 0.5) is 0 Å². The first-order chi connectivity index (χ1) is 7.20. The number of amides is 1. The van der Waals surface area contributed by atoms with E-state index in [9.17, 15) is 4.79 Å². The van der Waals surface area contributed by atoms with Gasteiger partial charge in [0.15, 0.2) is 0 Å². The van der Waals surface area contributed by atoms with Crippen LogP contribution in [0.25, 0.3) is 0 Å². The first-order valence-electron chi connectivity index (χ1n) is 5.22. The molecule has 0 rings (SSSR count). The van der Waals surface area contributed by atoms with Gasteiger partial charge in [-0.2, -0.15) is 0 Å². The minimum atomic E-state index is -0.0749. The van der Waals surface area contributed by atoms with Crippen LogP contribution in [0, 0.1) is 0 Å². The van der Waals surface area contributed by atoms with Crippen LogP contribution in [0.2, 0.25) is 0 Å². The van der Waals surface area contributed by atoms with Crippen LogP contribution in [-0.2, 0) is 14.3 Å². The highest BCUT2D eigenvalue weighted by molar-refractivity contribution is 5.77. The van der Waals surface area contributed by atoms with Gasteiger partial charge >= 0.3 is 0 Å². The van der Waals surface area contributed by atoms with E-state index in [1.54, 1.807) is 7.11 Å². The van der Waals surface area contributed by atoms with E-state index in [1.807, 2.05) is 14.0 Å². The number of carbonyl (C=O) groups is 1. The SMILES string of the molecule is CNCC(C)OCC(=O)NCCCOC. The van der Waals surface area contributed by atoms with Crippen molar-refractivity contribution in [1.82, 2.24) is 10.6 Å². The normalized spacial score (nSPS) is 12.5. The third-order valence-corrected chi connectivity index (χ3v) is 1.84. The zero-order chi connectivity index (χ0) is 11.5. The summed E-state index contributed by atoms with van der Waals surface area (Å²) >= 11 is 0. The number of hydrogen-bond donors (Lipinski definition) is 2. The molecule has 0 saturated heterocycles. The number of ether oxygens (including phenoxy) is 2. The Balaban J connectivity index is 3.32. The Kier molecular flexibility index (Phi) is 9.46. The standard InChI is InChI=1S/C10H22N2O3/c1-9(7-11-2)15-8-10(13)12-5-4-6-14-3/h9,11H,4-8H2,1-3H3,(H,12,13). The van der Waals surface area contributed by atoms with Crippen molar-refractivity contribution in [2.75, 3.05) is 40.5 Å². The zero-order valence-corrected chi connectivity index (χ0v) is 9.84. The number of rotatable bonds is 9. The highest BCUT2D eigenvalue weighted by atomic mass is 16.5. The van der Waals surface area contributed by atoms with E-state index in [0.717, 1.165) is 13.0 Å². The predicted octanol–water partition coefficient (Wildman–Crippen LogP) is -0.236. The summed E-state index contributed by atoms with van der Waals surface area (Å²) in [6.07, 6.45) is 0.883. The van der Waals surface area contributed by atoms with Crippen molar-refractivity contribution >= 4 is 5.91 Å². The quantitative estimate of drug-likeness (QED) is 0.525. The van der Waals surface area contributed by atoms with Gasteiger partial charge in [-0.3, -0.25) is 4.79 Å². The lowest BCUT2D eigenvalue weighted by molar-refractivity contribution is -0.127. The first kappa shape index (κ1) is 14.3. The van der Waals surface area contributed by atoms with Crippen LogP contribution < -0.4 is 10.6 Å². The number of likely N-dealkylation sites (N-methyl/N-ethyl adjacent to an activating group) is 1. The van der Waals surface area contributed by atoms with Gasteiger partial charge < -0.3 is 20.1 Å². The molecule has 0 aromatic carbocycles. The number of hydrogen-bond acceptors (Lipinski definition) is 4.